The standard InChI is InChI=1S/C11H5Cl2IOS/c12-8-2-1-6(3-9(8)13)11(15)7-4-10(14)16-5-7/h1-5H. The van der Waals surface area contributed by atoms with Gasteiger partial charge in [0.25, 0.3) is 0 Å². The Morgan fingerprint density at radius 3 is 2.44 bits per heavy atom. The topological polar surface area (TPSA) is 17.1 Å². The van der Waals surface area contributed by atoms with Crippen LogP contribution < -0.4 is 0 Å². The van der Waals surface area contributed by atoms with E-state index >= 15 is 0 Å². The molecule has 2 rings (SSSR count). The van der Waals surface area contributed by atoms with Gasteiger partial charge in [0.15, 0.2) is 5.78 Å². The maximum Gasteiger partial charge on any atom is 0.193 e. The molecule has 5 heteroatoms. The van der Waals surface area contributed by atoms with Gasteiger partial charge in [-0.05, 0) is 46.9 Å². The molecule has 0 amide bonds. The minimum absolute atomic E-state index is 0.0299. The number of rotatable bonds is 2. The lowest BCUT2D eigenvalue weighted by atomic mass is 10.1. The number of thiophene rings is 1. The predicted octanol–water partition coefficient (Wildman–Crippen LogP) is 4.89. The molecule has 1 aromatic carbocycles. The van der Waals surface area contributed by atoms with E-state index in [1.54, 1.807) is 29.5 Å². The van der Waals surface area contributed by atoms with Crippen LogP contribution in [-0.4, -0.2) is 5.78 Å². The fourth-order valence-electron chi connectivity index (χ4n) is 1.23. The molecule has 0 atom stereocenters. The summed E-state index contributed by atoms with van der Waals surface area (Å²) in [7, 11) is 0. The Kier molecular flexibility index (Phi) is 3.89. The van der Waals surface area contributed by atoms with Gasteiger partial charge in [0.05, 0.1) is 12.9 Å². The molecule has 0 aliphatic carbocycles. The van der Waals surface area contributed by atoms with Gasteiger partial charge in [-0.3, -0.25) is 4.79 Å². The van der Waals surface area contributed by atoms with Gasteiger partial charge in [-0.1, -0.05) is 23.2 Å². The lowest BCUT2D eigenvalue weighted by Gasteiger charge is -2.00. The SMILES string of the molecule is O=C(c1csc(I)c1)c1ccc(Cl)c(Cl)c1. The van der Waals surface area contributed by atoms with Crippen LogP contribution in [0.4, 0.5) is 0 Å². The highest BCUT2D eigenvalue weighted by molar-refractivity contribution is 14.1. The van der Waals surface area contributed by atoms with Gasteiger partial charge in [-0.25, -0.2) is 0 Å². The van der Waals surface area contributed by atoms with E-state index < -0.39 is 0 Å². The highest BCUT2D eigenvalue weighted by atomic mass is 127. The van der Waals surface area contributed by atoms with Crippen molar-refractivity contribution >= 4 is 62.9 Å². The van der Waals surface area contributed by atoms with Gasteiger partial charge in [0.2, 0.25) is 0 Å². The van der Waals surface area contributed by atoms with E-state index in [1.807, 2.05) is 11.4 Å². The fraction of sp³-hybridized carbons (Fsp3) is 0. The third-order valence-corrected chi connectivity index (χ3v) is 4.54. The van der Waals surface area contributed by atoms with E-state index in [9.17, 15) is 4.79 Å². The average molecular weight is 383 g/mol. The quantitative estimate of drug-likeness (QED) is 0.533. The van der Waals surface area contributed by atoms with Gasteiger partial charge in [-0.2, -0.15) is 0 Å². The Morgan fingerprint density at radius 2 is 1.88 bits per heavy atom. The van der Waals surface area contributed by atoms with E-state index in [4.69, 9.17) is 23.2 Å². The Hall–Kier alpha value is -0.100. The minimum atomic E-state index is -0.0299. The summed E-state index contributed by atoms with van der Waals surface area (Å²) in [6.45, 7) is 0. The molecule has 0 bridgehead atoms. The van der Waals surface area contributed by atoms with E-state index in [1.165, 1.54) is 0 Å². The lowest BCUT2D eigenvalue weighted by Crippen LogP contribution is -1.99. The average Bonchev–Trinajstić information content (AvgIpc) is 2.68. The van der Waals surface area contributed by atoms with Crippen molar-refractivity contribution in [3.8, 4) is 0 Å². The zero-order chi connectivity index (χ0) is 11.7. The molecular formula is C11H5Cl2IOS. The molecule has 1 aromatic heterocycles. The van der Waals surface area contributed by atoms with Crippen molar-refractivity contribution in [3.05, 3.63) is 53.7 Å². The Labute approximate surface area is 121 Å². The Balaban J connectivity index is 2.38. The van der Waals surface area contributed by atoms with Gasteiger partial charge in [0.1, 0.15) is 0 Å². The van der Waals surface area contributed by atoms with Crippen molar-refractivity contribution in [2.75, 3.05) is 0 Å². The van der Waals surface area contributed by atoms with Gasteiger partial charge in [0, 0.05) is 16.5 Å². The first kappa shape index (κ1) is 12.4. The number of carbonyl (C=O) groups is 1. The van der Waals surface area contributed by atoms with Crippen molar-refractivity contribution in [3.63, 3.8) is 0 Å². The number of carbonyl (C=O) groups excluding carboxylic acids is 1. The van der Waals surface area contributed by atoms with Crippen LogP contribution in [0.25, 0.3) is 0 Å². The summed E-state index contributed by atoms with van der Waals surface area (Å²) in [5.74, 6) is -0.0299. The third-order valence-electron chi connectivity index (χ3n) is 2.01. The normalized spacial score (nSPS) is 10.4. The maximum atomic E-state index is 12.0. The second kappa shape index (κ2) is 5.04. The molecule has 1 nitrogen and oxygen atoms in total. The summed E-state index contributed by atoms with van der Waals surface area (Å²) in [4.78, 5) is 12.0. The van der Waals surface area contributed by atoms with Crippen LogP contribution in [0, 0.1) is 2.88 Å². The third kappa shape index (κ3) is 2.59. The summed E-state index contributed by atoms with van der Waals surface area (Å²) in [5, 5.41) is 2.70. The van der Waals surface area contributed by atoms with Crippen molar-refractivity contribution in [2.45, 2.75) is 0 Å². The first-order valence-corrected chi connectivity index (χ1v) is 7.03. The van der Waals surface area contributed by atoms with Crippen molar-refractivity contribution in [2.24, 2.45) is 0 Å². The van der Waals surface area contributed by atoms with Gasteiger partial charge in [-0.15, -0.1) is 11.3 Å². The molecular weight excluding hydrogens is 378 g/mol. The Bertz CT molecular complexity index is 551. The molecule has 16 heavy (non-hydrogen) atoms. The van der Waals surface area contributed by atoms with Crippen LogP contribution in [0.3, 0.4) is 0 Å². The largest absolute Gasteiger partial charge is 0.289 e. The minimum Gasteiger partial charge on any atom is -0.289 e. The summed E-state index contributed by atoms with van der Waals surface area (Å²) >= 11 is 15.4. The van der Waals surface area contributed by atoms with Crippen LogP contribution in [-0.2, 0) is 0 Å². The molecule has 0 saturated heterocycles. The van der Waals surface area contributed by atoms with E-state index in [-0.39, 0.29) is 5.78 Å². The van der Waals surface area contributed by atoms with Crippen molar-refractivity contribution < 1.29 is 4.79 Å². The summed E-state index contributed by atoms with van der Waals surface area (Å²) < 4.78 is 1.08. The number of benzene rings is 1. The maximum absolute atomic E-state index is 12.0. The smallest absolute Gasteiger partial charge is 0.193 e. The molecule has 0 aliphatic rings. The van der Waals surface area contributed by atoms with Gasteiger partial charge >= 0.3 is 0 Å². The Morgan fingerprint density at radius 1 is 1.12 bits per heavy atom. The fourth-order valence-corrected chi connectivity index (χ4v) is 2.86. The molecule has 0 spiro atoms. The monoisotopic (exact) mass is 382 g/mol. The molecule has 1 heterocycles. The molecule has 0 N–H and O–H groups in total. The molecule has 0 fully saturated rings. The lowest BCUT2D eigenvalue weighted by molar-refractivity contribution is 0.103. The predicted molar refractivity (Wildman–Crippen MR) is 76.9 cm³/mol. The molecule has 2 aromatic rings. The zero-order valence-corrected chi connectivity index (χ0v) is 12.3. The second-order valence-electron chi connectivity index (χ2n) is 3.10. The van der Waals surface area contributed by atoms with Crippen LogP contribution in [0.1, 0.15) is 15.9 Å². The number of ketones is 1. The summed E-state index contributed by atoms with van der Waals surface area (Å²) in [6, 6.07) is 6.77. The van der Waals surface area contributed by atoms with E-state index in [0.717, 1.165) is 2.88 Å². The summed E-state index contributed by atoms with van der Waals surface area (Å²) in [5.41, 5.74) is 1.25. The number of hydrogen-bond donors (Lipinski definition) is 0. The zero-order valence-electron chi connectivity index (χ0n) is 7.84. The van der Waals surface area contributed by atoms with Crippen LogP contribution >= 0.6 is 57.1 Å². The van der Waals surface area contributed by atoms with Gasteiger partial charge < -0.3 is 0 Å². The van der Waals surface area contributed by atoms with E-state index in [0.29, 0.717) is 21.2 Å². The van der Waals surface area contributed by atoms with Crippen LogP contribution in [0.15, 0.2) is 29.6 Å². The molecule has 82 valence electrons. The first-order valence-electron chi connectivity index (χ1n) is 4.31. The van der Waals surface area contributed by atoms with E-state index in [2.05, 4.69) is 22.6 Å². The molecule has 0 saturated carbocycles. The molecule has 0 unspecified atom stereocenters. The highest BCUT2D eigenvalue weighted by Crippen LogP contribution is 2.25. The van der Waals surface area contributed by atoms with Crippen molar-refractivity contribution in [1.82, 2.24) is 0 Å². The van der Waals surface area contributed by atoms with Crippen LogP contribution in [0.5, 0.6) is 0 Å². The molecule has 0 radical (unpaired) electrons. The van der Waals surface area contributed by atoms with Crippen molar-refractivity contribution in [1.29, 1.82) is 0 Å². The van der Waals surface area contributed by atoms with Crippen LogP contribution in [0.2, 0.25) is 10.0 Å². The summed E-state index contributed by atoms with van der Waals surface area (Å²) in [6.07, 6.45) is 0. The highest BCUT2D eigenvalue weighted by Gasteiger charge is 2.12. The second-order valence-corrected chi connectivity index (χ2v) is 6.72. The first-order chi connectivity index (χ1) is 7.58. The molecule has 0 aliphatic heterocycles. The number of halogens is 3. The number of hydrogen-bond acceptors (Lipinski definition) is 2.